The molecule has 0 aliphatic carbocycles. The molecule has 0 unspecified atom stereocenters. The van der Waals surface area contributed by atoms with Gasteiger partial charge in [0.1, 0.15) is 6.04 Å². The number of nitrogens with one attached hydrogen (secondary N) is 5. The molecule has 1 aromatic rings. The molecule has 1 rings (SSSR count). The maximum Gasteiger partial charge on any atom is 0.475 e. The van der Waals surface area contributed by atoms with Crippen LogP contribution in [0.25, 0.3) is 0 Å². The van der Waals surface area contributed by atoms with Gasteiger partial charge in [-0.05, 0) is 30.7 Å². The van der Waals surface area contributed by atoms with Crippen molar-refractivity contribution in [3.8, 4) is 0 Å². The van der Waals surface area contributed by atoms with E-state index < -0.39 is 36.0 Å². The van der Waals surface area contributed by atoms with E-state index in [1.54, 1.807) is 5.43 Å². The lowest BCUT2D eigenvalue weighted by atomic mass is 9.75. The molecule has 0 saturated carbocycles. The molecule has 0 saturated heterocycles. The summed E-state index contributed by atoms with van der Waals surface area (Å²) in [5, 5.41) is 43.8. The van der Waals surface area contributed by atoms with E-state index in [2.05, 4.69) is 16.0 Å². The number of thioether (sulfide) groups is 1. The van der Waals surface area contributed by atoms with E-state index in [9.17, 15) is 29.8 Å². The van der Waals surface area contributed by atoms with Crippen molar-refractivity contribution in [1.82, 2.24) is 21.4 Å². The largest absolute Gasteiger partial charge is 0.475 e. The lowest BCUT2D eigenvalue weighted by Gasteiger charge is -2.24. The minimum absolute atomic E-state index is 0.0961. The molecular weight excluding hydrogens is 463 g/mol. The number of amides is 2. The van der Waals surface area contributed by atoms with Crippen LogP contribution in [-0.2, 0) is 15.3 Å². The number of carbonyl (C=O) groups excluding carboxylic acids is 2. The average Bonchev–Trinajstić information content (AvgIpc) is 2.75. The zero-order valence-electron chi connectivity index (χ0n) is 19.3. The van der Waals surface area contributed by atoms with Gasteiger partial charge in [-0.25, -0.2) is 10.1 Å². The molecule has 1 aromatic carbocycles. The second-order valence-electron chi connectivity index (χ2n) is 8.07. The van der Waals surface area contributed by atoms with Gasteiger partial charge in [-0.1, -0.05) is 49.6 Å². The predicted molar refractivity (Wildman–Crippen MR) is 131 cm³/mol. The molecule has 0 aliphatic heterocycles. The smallest absolute Gasteiger partial charge is 0.426 e. The predicted octanol–water partition coefficient (Wildman–Crippen LogP) is 0.0334. The lowest BCUT2D eigenvalue weighted by Crippen LogP contribution is -2.54. The van der Waals surface area contributed by atoms with Gasteiger partial charge in [-0.2, -0.15) is 0 Å². The Hall–Kier alpha value is -2.84. The van der Waals surface area contributed by atoms with Crippen molar-refractivity contribution in [3.63, 3.8) is 0 Å². The third-order valence-corrected chi connectivity index (χ3v) is 5.59. The Morgan fingerprint density at radius 1 is 1.21 bits per heavy atom. The monoisotopic (exact) mass is 496 g/mol. The first-order valence-electron chi connectivity index (χ1n) is 10.9. The average molecular weight is 496 g/mol. The molecular formula is C20H33BN6O6S. The maximum atomic E-state index is 12.8. The van der Waals surface area contributed by atoms with E-state index in [-0.39, 0.29) is 30.5 Å². The van der Waals surface area contributed by atoms with Gasteiger partial charge in [0.25, 0.3) is 5.96 Å². The molecule has 0 spiro atoms. The molecule has 0 heterocycles. The number of hydrogen-bond donors (Lipinski definition) is 7. The highest BCUT2D eigenvalue weighted by molar-refractivity contribution is 7.99. The van der Waals surface area contributed by atoms with Crippen LogP contribution >= 0.6 is 11.8 Å². The molecule has 0 radical (unpaired) electrons. The highest BCUT2D eigenvalue weighted by Crippen LogP contribution is 2.12. The molecule has 12 nitrogen and oxygen atoms in total. The van der Waals surface area contributed by atoms with Gasteiger partial charge in [-0.15, -0.1) is 11.8 Å². The van der Waals surface area contributed by atoms with Gasteiger partial charge in [0, 0.05) is 12.3 Å². The highest BCUT2D eigenvalue weighted by atomic mass is 32.2. The number of nitro groups is 1. The van der Waals surface area contributed by atoms with Gasteiger partial charge in [0.05, 0.1) is 11.7 Å². The highest BCUT2D eigenvalue weighted by Gasteiger charge is 2.29. The second-order valence-corrected chi connectivity index (χ2v) is 9.06. The summed E-state index contributed by atoms with van der Waals surface area (Å²) < 4.78 is 0. The molecule has 34 heavy (non-hydrogen) atoms. The Balaban J connectivity index is 2.66. The number of hydrogen-bond acceptors (Lipinski definition) is 8. The molecule has 2 amide bonds. The van der Waals surface area contributed by atoms with Gasteiger partial charge in [-0.3, -0.25) is 15.0 Å². The number of nitrogens with zero attached hydrogens (tertiary/aromatic N) is 1. The third-order valence-electron chi connectivity index (χ3n) is 4.58. The molecule has 188 valence electrons. The molecule has 2 atom stereocenters. The van der Waals surface area contributed by atoms with E-state index >= 15 is 0 Å². The first kappa shape index (κ1) is 29.2. The quantitative estimate of drug-likeness (QED) is 0.0439. The van der Waals surface area contributed by atoms with Crippen molar-refractivity contribution in [2.45, 2.75) is 50.8 Å². The second kappa shape index (κ2) is 15.9. The van der Waals surface area contributed by atoms with Crippen LogP contribution in [0.2, 0.25) is 0 Å². The van der Waals surface area contributed by atoms with E-state index in [1.165, 1.54) is 11.8 Å². The van der Waals surface area contributed by atoms with Crippen LogP contribution in [0.15, 0.2) is 30.3 Å². The summed E-state index contributed by atoms with van der Waals surface area (Å²) in [6.07, 6.45) is 0.825. The van der Waals surface area contributed by atoms with Crippen LogP contribution < -0.4 is 21.4 Å². The Morgan fingerprint density at radius 2 is 1.88 bits per heavy atom. The summed E-state index contributed by atoms with van der Waals surface area (Å²) in [6.45, 7) is 3.91. The van der Waals surface area contributed by atoms with Gasteiger partial charge >= 0.3 is 7.12 Å². The van der Waals surface area contributed by atoms with Crippen molar-refractivity contribution in [3.05, 3.63) is 46.0 Å². The van der Waals surface area contributed by atoms with Crippen molar-refractivity contribution in [2.75, 3.05) is 12.3 Å². The van der Waals surface area contributed by atoms with Crippen LogP contribution in [-0.4, -0.2) is 64.3 Å². The van der Waals surface area contributed by atoms with Crippen molar-refractivity contribution in [1.29, 1.82) is 5.41 Å². The molecule has 0 aromatic heterocycles. The SMILES string of the molecule is CC(C)C[C@H](NC(=O)[C@H](CCCNC(=N)N[N+](=O)[O-])NC(=O)CSCc1ccccc1)B(O)O. The fourth-order valence-corrected chi connectivity index (χ4v) is 3.84. The van der Waals surface area contributed by atoms with Gasteiger partial charge in [0.2, 0.25) is 11.8 Å². The van der Waals surface area contributed by atoms with E-state index in [4.69, 9.17) is 5.41 Å². The number of benzene rings is 1. The summed E-state index contributed by atoms with van der Waals surface area (Å²) >= 11 is 1.40. The summed E-state index contributed by atoms with van der Waals surface area (Å²) in [4.78, 5) is 35.6. The number of carbonyl (C=O) groups is 2. The van der Waals surface area contributed by atoms with Crippen LogP contribution in [0.4, 0.5) is 0 Å². The van der Waals surface area contributed by atoms with Crippen LogP contribution in [0, 0.1) is 21.4 Å². The Bertz CT molecular complexity index is 801. The summed E-state index contributed by atoms with van der Waals surface area (Å²) in [5.41, 5.74) is 2.74. The van der Waals surface area contributed by atoms with Crippen LogP contribution in [0.3, 0.4) is 0 Å². The lowest BCUT2D eigenvalue weighted by molar-refractivity contribution is -0.525. The summed E-state index contributed by atoms with van der Waals surface area (Å²) in [7, 11) is -1.75. The normalized spacial score (nSPS) is 12.4. The molecule has 0 fully saturated rings. The van der Waals surface area contributed by atoms with Crippen molar-refractivity contribution < 1.29 is 24.7 Å². The Labute approximate surface area is 203 Å². The third kappa shape index (κ3) is 13.0. The molecule has 0 aliphatic rings. The van der Waals surface area contributed by atoms with Crippen LogP contribution in [0.5, 0.6) is 0 Å². The zero-order valence-corrected chi connectivity index (χ0v) is 20.1. The van der Waals surface area contributed by atoms with E-state index in [0.717, 1.165) is 5.56 Å². The van der Waals surface area contributed by atoms with Gasteiger partial charge < -0.3 is 26.0 Å². The van der Waals surface area contributed by atoms with Crippen LogP contribution in [0.1, 0.15) is 38.7 Å². The fraction of sp³-hybridized carbons (Fsp3) is 0.550. The molecule has 0 bridgehead atoms. The first-order chi connectivity index (χ1) is 16.1. The topological polar surface area (TPSA) is 190 Å². The first-order valence-corrected chi connectivity index (χ1v) is 12.0. The standard InChI is InChI=1S/C20H33BN6O6S/c1-14(2)11-17(21(30)31)25-19(29)16(9-6-10-23-20(22)26-27(32)33)24-18(28)13-34-12-15-7-4-3-5-8-15/h3-5,7-8,14,16-17,30-31H,6,9-13H2,1-2H3,(H,24,28)(H,25,29)(H3,22,23,26)/t16-,17-/m0/s1. The maximum absolute atomic E-state index is 12.8. The number of guanidine groups is 1. The van der Waals surface area contributed by atoms with E-state index in [1.807, 2.05) is 44.2 Å². The van der Waals surface area contributed by atoms with Crippen molar-refractivity contribution in [2.24, 2.45) is 5.92 Å². The minimum atomic E-state index is -1.75. The summed E-state index contributed by atoms with van der Waals surface area (Å²) in [6, 6.07) is 8.69. The number of rotatable bonds is 15. The van der Waals surface area contributed by atoms with Gasteiger partial charge in [0.15, 0.2) is 5.03 Å². The summed E-state index contributed by atoms with van der Waals surface area (Å²) in [5.74, 6) is -1.43. The van der Waals surface area contributed by atoms with E-state index in [0.29, 0.717) is 18.6 Å². The number of hydrazine groups is 1. The Kier molecular flexibility index (Phi) is 13.7. The molecule has 7 N–H and O–H groups in total. The fourth-order valence-electron chi connectivity index (χ4n) is 3.04. The Morgan fingerprint density at radius 3 is 2.47 bits per heavy atom. The molecule has 14 heteroatoms. The van der Waals surface area contributed by atoms with Crippen molar-refractivity contribution >= 4 is 36.7 Å². The minimum Gasteiger partial charge on any atom is -0.426 e. The zero-order chi connectivity index (χ0) is 25.5.